The largest absolute Gasteiger partial charge is 0.463 e. The predicted octanol–water partition coefficient (Wildman–Crippen LogP) is 10.9. The third-order valence-electron chi connectivity index (χ3n) is 11.9. The van der Waals surface area contributed by atoms with Crippen LogP contribution in [0, 0.1) is 29.6 Å². The van der Waals surface area contributed by atoms with Crippen molar-refractivity contribution in [3.63, 3.8) is 0 Å². The van der Waals surface area contributed by atoms with E-state index in [4.69, 9.17) is 28.4 Å². The second-order valence-electron chi connectivity index (χ2n) is 18.2. The molecule has 0 aromatic rings. The molecule has 0 aromatic heterocycles. The van der Waals surface area contributed by atoms with Crippen LogP contribution in [0.4, 0.5) is 0 Å². The topological polar surface area (TPSA) is 147 Å². The molecule has 2 N–H and O–H groups in total. The van der Waals surface area contributed by atoms with E-state index in [9.17, 15) is 24.6 Å². The van der Waals surface area contributed by atoms with Gasteiger partial charge in [-0.2, -0.15) is 0 Å². The third-order valence-corrected chi connectivity index (χ3v) is 11.9. The fourth-order valence-corrected chi connectivity index (χ4v) is 8.36. The average Bonchev–Trinajstić information content (AvgIpc) is 3.77. The first kappa shape index (κ1) is 59.6. The van der Waals surface area contributed by atoms with Crippen molar-refractivity contribution >= 4 is 17.7 Å². The van der Waals surface area contributed by atoms with Crippen LogP contribution in [0.25, 0.3) is 0 Å². The fourth-order valence-electron chi connectivity index (χ4n) is 8.36. The molecule has 0 aliphatic heterocycles. The lowest BCUT2D eigenvalue weighted by Gasteiger charge is -2.24. The maximum absolute atomic E-state index is 12.2. The van der Waals surface area contributed by atoms with Crippen LogP contribution < -0.4 is 0 Å². The number of hydrogen-bond acceptors (Lipinski definition) is 11. The SMILES string of the molecule is CCCCCCCOCCOCC[C@H]1C(CO)C[C@H](O)C1CC=CCCCC(=O)OC(C)C.CCCCCCCOCCOCC[C@H]1C=CC(=O)C1C/C=C\CCCC(=O)OC(C)C. The molecule has 2 rings (SSSR count). The van der Waals surface area contributed by atoms with E-state index in [1.807, 2.05) is 33.8 Å². The van der Waals surface area contributed by atoms with Gasteiger partial charge < -0.3 is 38.6 Å². The third kappa shape index (κ3) is 31.5. The first-order valence-corrected chi connectivity index (χ1v) is 25.5. The van der Waals surface area contributed by atoms with E-state index in [0.29, 0.717) is 58.9 Å². The Balaban J connectivity index is 0.000000641. The molecule has 2 aliphatic carbocycles. The van der Waals surface area contributed by atoms with Gasteiger partial charge in [-0.1, -0.05) is 95.6 Å². The molecule has 372 valence electrons. The molecule has 64 heavy (non-hydrogen) atoms. The second kappa shape index (κ2) is 40.8. The van der Waals surface area contributed by atoms with Gasteiger partial charge in [0.05, 0.1) is 44.7 Å². The van der Waals surface area contributed by atoms with Crippen LogP contribution in [0.15, 0.2) is 36.5 Å². The molecule has 11 heteroatoms. The summed E-state index contributed by atoms with van der Waals surface area (Å²) in [7, 11) is 0. The summed E-state index contributed by atoms with van der Waals surface area (Å²) >= 11 is 0. The highest BCUT2D eigenvalue weighted by Crippen LogP contribution is 2.41. The van der Waals surface area contributed by atoms with E-state index >= 15 is 0 Å². The van der Waals surface area contributed by atoms with Crippen molar-refractivity contribution in [1.82, 2.24) is 0 Å². The van der Waals surface area contributed by atoms with Crippen LogP contribution in [0.3, 0.4) is 0 Å². The standard InChI is InChI=1S/C27H50O6.C26H44O5/c1-4-5-6-9-12-16-31-18-19-32-17-15-24-23(21-28)20-26(29)25(24)13-10-7-8-11-14-27(30)33-22(2)3;1-4-5-6-9-12-18-29-20-21-30-19-17-23-15-16-25(27)24(23)13-10-7-8-11-14-26(28)31-22(2)3/h7,10,22-26,28-29H,4-6,8-9,11-21H2,1-3H3;7,10,15-16,22-24H,4-6,8-9,11-14,17-21H2,1-3H3/b;10-7-/t23?,24-,25?,26-;23-,24?/m01/s1. The van der Waals surface area contributed by atoms with Gasteiger partial charge in [-0.25, -0.2) is 0 Å². The predicted molar refractivity (Wildman–Crippen MR) is 257 cm³/mol. The summed E-state index contributed by atoms with van der Waals surface area (Å²) in [5, 5.41) is 20.3. The zero-order valence-electron chi connectivity index (χ0n) is 41.4. The van der Waals surface area contributed by atoms with E-state index in [1.54, 1.807) is 6.08 Å². The van der Waals surface area contributed by atoms with Gasteiger partial charge in [-0.3, -0.25) is 14.4 Å². The summed E-state index contributed by atoms with van der Waals surface area (Å²) in [5.74, 6) is 0.725. The lowest BCUT2D eigenvalue weighted by Crippen LogP contribution is -2.23. The molecule has 0 aromatic carbocycles. The lowest BCUT2D eigenvalue weighted by atomic mass is 9.84. The summed E-state index contributed by atoms with van der Waals surface area (Å²) < 4.78 is 33.0. The summed E-state index contributed by atoms with van der Waals surface area (Å²) in [6, 6.07) is 0. The quantitative estimate of drug-likeness (QED) is 0.0345. The van der Waals surface area contributed by atoms with Gasteiger partial charge in [0.25, 0.3) is 0 Å². The molecular weight excluding hydrogens is 813 g/mol. The minimum Gasteiger partial charge on any atom is -0.463 e. The molecular formula is C53H94O11. The van der Waals surface area contributed by atoms with Gasteiger partial charge in [0.1, 0.15) is 0 Å². The summed E-state index contributed by atoms with van der Waals surface area (Å²) in [4.78, 5) is 35.2. The highest BCUT2D eigenvalue weighted by atomic mass is 16.5. The Labute approximate surface area is 389 Å². The number of esters is 2. The number of rotatable bonds is 39. The monoisotopic (exact) mass is 907 g/mol. The number of ether oxygens (including phenoxy) is 6. The first-order valence-electron chi connectivity index (χ1n) is 25.5. The number of ketones is 1. The van der Waals surface area contributed by atoms with Crippen molar-refractivity contribution in [2.75, 3.05) is 59.5 Å². The highest BCUT2D eigenvalue weighted by molar-refractivity contribution is 5.94. The number of aliphatic hydroxyl groups is 2. The van der Waals surface area contributed by atoms with Crippen LogP contribution in [0.1, 0.15) is 176 Å². The van der Waals surface area contributed by atoms with Crippen molar-refractivity contribution < 1.29 is 53.0 Å². The van der Waals surface area contributed by atoms with Gasteiger partial charge in [0.2, 0.25) is 0 Å². The van der Waals surface area contributed by atoms with E-state index in [1.165, 1.54) is 51.4 Å². The van der Waals surface area contributed by atoms with Crippen molar-refractivity contribution in [2.45, 2.75) is 195 Å². The minimum atomic E-state index is -0.381. The van der Waals surface area contributed by atoms with E-state index < -0.39 is 0 Å². The maximum atomic E-state index is 12.2. The summed E-state index contributed by atoms with van der Waals surface area (Å²) in [6.07, 6.45) is 32.0. The normalized spacial score (nSPS) is 20.9. The molecule has 0 heterocycles. The number of unbranched alkanes of at least 4 members (excludes halogenated alkanes) is 10. The number of carbonyl (C=O) groups excluding carboxylic acids is 3. The minimum absolute atomic E-state index is 0.0186. The first-order chi connectivity index (χ1) is 31.0. The van der Waals surface area contributed by atoms with E-state index in [2.05, 4.69) is 38.2 Å². The summed E-state index contributed by atoms with van der Waals surface area (Å²) in [6.45, 7) is 17.4. The molecule has 0 spiro atoms. The van der Waals surface area contributed by atoms with Crippen LogP contribution in [-0.2, 0) is 42.8 Å². The number of allylic oxidation sites excluding steroid dienone is 6. The van der Waals surface area contributed by atoms with Crippen molar-refractivity contribution in [2.24, 2.45) is 29.6 Å². The Kier molecular flexibility index (Phi) is 38.0. The highest BCUT2D eigenvalue weighted by Gasteiger charge is 2.41. The Morgan fingerprint density at radius 2 is 1.11 bits per heavy atom. The molecule has 3 unspecified atom stereocenters. The molecule has 6 atom stereocenters. The molecule has 0 bridgehead atoms. The molecule has 0 saturated heterocycles. The van der Waals surface area contributed by atoms with E-state index in [-0.39, 0.29) is 72.2 Å². The van der Waals surface area contributed by atoms with Crippen LogP contribution in [-0.4, -0.2) is 106 Å². The molecule has 11 nitrogen and oxygen atoms in total. The zero-order chi connectivity index (χ0) is 47.0. The number of carbonyl (C=O) groups is 3. The molecule has 1 fully saturated rings. The molecule has 0 amide bonds. The Bertz CT molecular complexity index is 1230. The van der Waals surface area contributed by atoms with Crippen molar-refractivity contribution in [3.05, 3.63) is 36.5 Å². The molecule has 0 radical (unpaired) electrons. The second-order valence-corrected chi connectivity index (χ2v) is 18.2. The van der Waals surface area contributed by atoms with Gasteiger partial charge in [-0.15, -0.1) is 0 Å². The van der Waals surface area contributed by atoms with Crippen molar-refractivity contribution in [1.29, 1.82) is 0 Å². The van der Waals surface area contributed by atoms with E-state index in [0.717, 1.165) is 77.4 Å². The molecule has 2 aliphatic rings. The Morgan fingerprint density at radius 3 is 1.61 bits per heavy atom. The number of hydrogen-bond donors (Lipinski definition) is 2. The number of aliphatic hydroxyl groups excluding tert-OH is 2. The lowest BCUT2D eigenvalue weighted by molar-refractivity contribution is -0.148. The fraction of sp³-hybridized carbons (Fsp3) is 0.830. The van der Waals surface area contributed by atoms with Crippen molar-refractivity contribution in [3.8, 4) is 0 Å². The van der Waals surface area contributed by atoms with Gasteiger partial charge in [0, 0.05) is 51.8 Å². The average molecular weight is 907 g/mol. The van der Waals surface area contributed by atoms with Gasteiger partial charge in [-0.05, 0) is 128 Å². The van der Waals surface area contributed by atoms with Gasteiger partial charge >= 0.3 is 11.9 Å². The smallest absolute Gasteiger partial charge is 0.306 e. The van der Waals surface area contributed by atoms with Gasteiger partial charge in [0.15, 0.2) is 5.78 Å². The molecule has 1 saturated carbocycles. The Hall–Kier alpha value is -2.41. The maximum Gasteiger partial charge on any atom is 0.306 e. The zero-order valence-corrected chi connectivity index (χ0v) is 41.4. The van der Waals surface area contributed by atoms with Crippen LogP contribution in [0.5, 0.6) is 0 Å². The Morgan fingerprint density at radius 1 is 0.625 bits per heavy atom. The van der Waals surface area contributed by atoms with Crippen LogP contribution >= 0.6 is 0 Å². The summed E-state index contributed by atoms with van der Waals surface area (Å²) in [5.41, 5.74) is 0. The van der Waals surface area contributed by atoms with Crippen LogP contribution in [0.2, 0.25) is 0 Å².